The van der Waals surface area contributed by atoms with Gasteiger partial charge in [0.15, 0.2) is 0 Å². The number of aryl methyl sites for hydroxylation is 1. The molecule has 0 spiro atoms. The number of rotatable bonds is 11. The van der Waals surface area contributed by atoms with Crippen LogP contribution in [0.2, 0.25) is 0 Å². The molecule has 20 heavy (non-hydrogen) atoms. The summed E-state index contributed by atoms with van der Waals surface area (Å²) in [6.07, 6.45) is 2.37. The minimum atomic E-state index is 0.816. The molecule has 1 rings (SSSR count). The van der Waals surface area contributed by atoms with Gasteiger partial charge in [-0.25, -0.2) is 0 Å². The van der Waals surface area contributed by atoms with Gasteiger partial charge >= 0.3 is 0 Å². The fraction of sp³-hybridized carbons (Fsp3) is 0.647. The van der Waals surface area contributed by atoms with E-state index in [0.29, 0.717) is 0 Å². The molecule has 0 fully saturated rings. The molecule has 1 N–H and O–H groups in total. The predicted octanol–water partition coefficient (Wildman–Crippen LogP) is 3.23. The summed E-state index contributed by atoms with van der Waals surface area (Å²) >= 11 is 0. The van der Waals surface area contributed by atoms with Crippen molar-refractivity contribution in [2.45, 2.75) is 33.6 Å². The fourth-order valence-electron chi connectivity index (χ4n) is 2.06. The number of hydrogen-bond donors (Lipinski definition) is 1. The maximum absolute atomic E-state index is 5.53. The van der Waals surface area contributed by atoms with Crippen LogP contribution in [0.15, 0.2) is 24.3 Å². The van der Waals surface area contributed by atoms with E-state index in [1.165, 1.54) is 17.7 Å². The predicted molar refractivity (Wildman–Crippen MR) is 87.7 cm³/mol. The molecule has 0 aliphatic heterocycles. The number of nitrogens with zero attached hydrogens (tertiary/aromatic N) is 1. The zero-order chi connectivity index (χ0) is 14.6. The normalized spacial score (nSPS) is 10.8. The van der Waals surface area contributed by atoms with Crippen LogP contribution in [0.1, 0.15) is 32.3 Å². The van der Waals surface area contributed by atoms with Gasteiger partial charge in [0.05, 0.1) is 6.61 Å². The molecule has 0 atom stereocenters. The van der Waals surface area contributed by atoms with Crippen LogP contribution < -0.4 is 10.2 Å². The monoisotopic (exact) mass is 278 g/mol. The SMILES string of the molecule is CCCCOCCNCCN(CC)c1ccc(C)cc1. The van der Waals surface area contributed by atoms with Gasteiger partial charge in [-0.2, -0.15) is 0 Å². The van der Waals surface area contributed by atoms with Gasteiger partial charge in [0.1, 0.15) is 0 Å². The van der Waals surface area contributed by atoms with E-state index in [0.717, 1.165) is 45.8 Å². The van der Waals surface area contributed by atoms with Gasteiger partial charge in [0, 0.05) is 38.5 Å². The van der Waals surface area contributed by atoms with E-state index in [1.54, 1.807) is 0 Å². The average Bonchev–Trinajstić information content (AvgIpc) is 2.47. The van der Waals surface area contributed by atoms with Crippen molar-refractivity contribution in [3.8, 4) is 0 Å². The molecule has 114 valence electrons. The van der Waals surface area contributed by atoms with E-state index in [9.17, 15) is 0 Å². The number of anilines is 1. The Morgan fingerprint density at radius 3 is 2.45 bits per heavy atom. The van der Waals surface area contributed by atoms with Gasteiger partial charge in [-0.05, 0) is 32.4 Å². The molecule has 0 unspecified atom stereocenters. The Bertz CT molecular complexity index is 337. The van der Waals surface area contributed by atoms with Crippen molar-refractivity contribution < 1.29 is 4.74 Å². The van der Waals surface area contributed by atoms with Gasteiger partial charge in [-0.1, -0.05) is 31.0 Å². The molecule has 0 aliphatic rings. The van der Waals surface area contributed by atoms with Crippen molar-refractivity contribution in [1.29, 1.82) is 0 Å². The second-order valence-corrected chi connectivity index (χ2v) is 5.13. The summed E-state index contributed by atoms with van der Waals surface area (Å²) in [4.78, 5) is 2.39. The third-order valence-corrected chi connectivity index (χ3v) is 3.40. The molecule has 0 radical (unpaired) electrons. The molecular weight excluding hydrogens is 248 g/mol. The van der Waals surface area contributed by atoms with Crippen LogP contribution in [-0.4, -0.2) is 39.4 Å². The maximum atomic E-state index is 5.53. The Kier molecular flexibility index (Phi) is 9.09. The Labute approximate surface area is 124 Å². The van der Waals surface area contributed by atoms with Gasteiger partial charge < -0.3 is 15.0 Å². The summed E-state index contributed by atoms with van der Waals surface area (Å²) < 4.78 is 5.53. The van der Waals surface area contributed by atoms with Crippen LogP contribution in [-0.2, 0) is 4.74 Å². The molecule has 0 bridgehead atoms. The highest BCUT2D eigenvalue weighted by molar-refractivity contribution is 5.47. The molecule has 0 aromatic heterocycles. The summed E-state index contributed by atoms with van der Waals surface area (Å²) in [5.41, 5.74) is 2.62. The lowest BCUT2D eigenvalue weighted by Gasteiger charge is -2.23. The Hall–Kier alpha value is -1.06. The smallest absolute Gasteiger partial charge is 0.0590 e. The summed E-state index contributed by atoms with van der Waals surface area (Å²) in [5, 5.41) is 3.44. The maximum Gasteiger partial charge on any atom is 0.0590 e. The minimum absolute atomic E-state index is 0.816. The summed E-state index contributed by atoms with van der Waals surface area (Å²) in [6.45, 7) is 12.2. The fourth-order valence-corrected chi connectivity index (χ4v) is 2.06. The first-order valence-corrected chi connectivity index (χ1v) is 7.88. The third kappa shape index (κ3) is 6.92. The van der Waals surface area contributed by atoms with Crippen molar-refractivity contribution in [2.24, 2.45) is 0 Å². The van der Waals surface area contributed by atoms with Crippen LogP contribution in [0.3, 0.4) is 0 Å². The highest BCUT2D eigenvalue weighted by Gasteiger charge is 2.02. The zero-order valence-corrected chi connectivity index (χ0v) is 13.3. The van der Waals surface area contributed by atoms with E-state index in [2.05, 4.69) is 55.3 Å². The van der Waals surface area contributed by atoms with Crippen molar-refractivity contribution in [1.82, 2.24) is 5.32 Å². The van der Waals surface area contributed by atoms with E-state index in [-0.39, 0.29) is 0 Å². The van der Waals surface area contributed by atoms with Gasteiger partial charge in [0.2, 0.25) is 0 Å². The van der Waals surface area contributed by atoms with Crippen LogP contribution in [0.4, 0.5) is 5.69 Å². The van der Waals surface area contributed by atoms with Crippen LogP contribution >= 0.6 is 0 Å². The quantitative estimate of drug-likeness (QED) is 0.629. The van der Waals surface area contributed by atoms with E-state index < -0.39 is 0 Å². The summed E-state index contributed by atoms with van der Waals surface area (Å²) in [7, 11) is 0. The van der Waals surface area contributed by atoms with Crippen LogP contribution in [0.5, 0.6) is 0 Å². The number of ether oxygens (including phenoxy) is 1. The number of benzene rings is 1. The van der Waals surface area contributed by atoms with Gasteiger partial charge in [-0.3, -0.25) is 0 Å². The van der Waals surface area contributed by atoms with Gasteiger partial charge in [-0.15, -0.1) is 0 Å². The molecule has 1 aromatic rings. The van der Waals surface area contributed by atoms with E-state index >= 15 is 0 Å². The molecule has 0 heterocycles. The molecule has 1 aromatic carbocycles. The second kappa shape index (κ2) is 10.7. The lowest BCUT2D eigenvalue weighted by molar-refractivity contribution is 0.133. The Morgan fingerprint density at radius 2 is 1.80 bits per heavy atom. The first kappa shape index (κ1) is 17.0. The largest absolute Gasteiger partial charge is 0.380 e. The van der Waals surface area contributed by atoms with Crippen molar-refractivity contribution in [3.05, 3.63) is 29.8 Å². The number of likely N-dealkylation sites (N-methyl/N-ethyl adjacent to an activating group) is 1. The minimum Gasteiger partial charge on any atom is -0.380 e. The zero-order valence-electron chi connectivity index (χ0n) is 13.3. The molecule has 0 aliphatic carbocycles. The lowest BCUT2D eigenvalue weighted by Crippen LogP contribution is -2.33. The standard InChI is InChI=1S/C17H30N2O/c1-4-6-14-20-15-12-18-11-13-19(5-2)17-9-7-16(3)8-10-17/h7-10,18H,4-6,11-15H2,1-3H3. The lowest BCUT2D eigenvalue weighted by atomic mass is 10.2. The first-order valence-electron chi connectivity index (χ1n) is 7.88. The molecule has 3 heteroatoms. The number of unbranched alkanes of at least 4 members (excludes halogenated alkanes) is 1. The van der Waals surface area contributed by atoms with E-state index in [1.807, 2.05) is 0 Å². The number of nitrogens with one attached hydrogen (secondary N) is 1. The highest BCUT2D eigenvalue weighted by Crippen LogP contribution is 2.14. The van der Waals surface area contributed by atoms with E-state index in [4.69, 9.17) is 4.74 Å². The van der Waals surface area contributed by atoms with Gasteiger partial charge in [0.25, 0.3) is 0 Å². The number of hydrogen-bond acceptors (Lipinski definition) is 3. The van der Waals surface area contributed by atoms with Crippen LogP contribution in [0, 0.1) is 6.92 Å². The molecule has 3 nitrogen and oxygen atoms in total. The van der Waals surface area contributed by atoms with Crippen molar-refractivity contribution >= 4 is 5.69 Å². The topological polar surface area (TPSA) is 24.5 Å². The molecular formula is C17H30N2O. The van der Waals surface area contributed by atoms with Crippen molar-refractivity contribution in [3.63, 3.8) is 0 Å². The third-order valence-electron chi connectivity index (χ3n) is 3.40. The summed E-state index contributed by atoms with van der Waals surface area (Å²) in [5.74, 6) is 0. The Balaban J connectivity index is 2.14. The molecule has 0 saturated carbocycles. The second-order valence-electron chi connectivity index (χ2n) is 5.13. The van der Waals surface area contributed by atoms with Crippen molar-refractivity contribution in [2.75, 3.05) is 44.3 Å². The Morgan fingerprint density at radius 1 is 1.05 bits per heavy atom. The highest BCUT2D eigenvalue weighted by atomic mass is 16.5. The van der Waals surface area contributed by atoms with Crippen LogP contribution in [0.25, 0.3) is 0 Å². The average molecular weight is 278 g/mol. The molecule has 0 saturated heterocycles. The molecule has 0 amide bonds. The summed E-state index contributed by atoms with van der Waals surface area (Å²) in [6, 6.07) is 8.75. The first-order chi connectivity index (χ1) is 9.77.